The van der Waals surface area contributed by atoms with Crippen LogP contribution in [0.5, 0.6) is 5.88 Å². The van der Waals surface area contributed by atoms with Gasteiger partial charge in [0.25, 0.3) is 0 Å². The second-order valence-electron chi connectivity index (χ2n) is 5.47. The van der Waals surface area contributed by atoms with Crippen LogP contribution < -0.4 is 4.74 Å². The summed E-state index contributed by atoms with van der Waals surface area (Å²) in [7, 11) is 0. The van der Waals surface area contributed by atoms with Crippen LogP contribution in [0.25, 0.3) is 0 Å². The first-order valence-electron chi connectivity index (χ1n) is 7.96. The van der Waals surface area contributed by atoms with Gasteiger partial charge in [-0.1, -0.05) is 13.8 Å². The lowest BCUT2D eigenvalue weighted by molar-refractivity contribution is 0.207. The first-order chi connectivity index (χ1) is 9.67. The highest BCUT2D eigenvalue weighted by molar-refractivity contribution is 5.18. The Morgan fingerprint density at radius 3 is 2.70 bits per heavy atom. The molecule has 0 bridgehead atoms. The van der Waals surface area contributed by atoms with E-state index in [1.54, 1.807) is 6.20 Å². The molecule has 1 rings (SSSR count). The predicted octanol–water partition coefficient (Wildman–Crippen LogP) is 4.06. The molecule has 3 nitrogen and oxygen atoms in total. The van der Waals surface area contributed by atoms with Crippen molar-refractivity contribution in [3.63, 3.8) is 0 Å². The van der Waals surface area contributed by atoms with Gasteiger partial charge in [-0.25, -0.2) is 4.98 Å². The third-order valence-electron chi connectivity index (χ3n) is 3.85. The van der Waals surface area contributed by atoms with Gasteiger partial charge in [-0.3, -0.25) is 0 Å². The van der Waals surface area contributed by atoms with Gasteiger partial charge >= 0.3 is 0 Å². The molecular formula is C17H30N2O. The number of aromatic nitrogens is 1. The third-order valence-corrected chi connectivity index (χ3v) is 3.85. The summed E-state index contributed by atoms with van der Waals surface area (Å²) >= 11 is 0. The highest BCUT2D eigenvalue weighted by atomic mass is 16.5. The lowest BCUT2D eigenvalue weighted by Gasteiger charge is -2.26. The molecule has 0 fully saturated rings. The maximum atomic E-state index is 5.66. The first kappa shape index (κ1) is 17.0. The van der Waals surface area contributed by atoms with Gasteiger partial charge in [-0.2, -0.15) is 0 Å². The average Bonchev–Trinajstić information content (AvgIpc) is 2.46. The second kappa shape index (κ2) is 9.76. The van der Waals surface area contributed by atoms with Crippen molar-refractivity contribution in [2.45, 2.75) is 59.4 Å². The van der Waals surface area contributed by atoms with E-state index >= 15 is 0 Å². The Kier molecular flexibility index (Phi) is 8.28. The molecule has 1 unspecified atom stereocenters. The summed E-state index contributed by atoms with van der Waals surface area (Å²) in [5.41, 5.74) is 1.20. The summed E-state index contributed by atoms with van der Waals surface area (Å²) in [4.78, 5) is 6.76. The SMILES string of the molecule is CCC(C)N(CC)CCCCCOc1cc(C)ccn1. The summed E-state index contributed by atoms with van der Waals surface area (Å²) in [5, 5.41) is 0. The van der Waals surface area contributed by atoms with Crippen molar-refractivity contribution in [1.82, 2.24) is 9.88 Å². The number of hydrogen-bond donors (Lipinski definition) is 0. The molecule has 0 N–H and O–H groups in total. The fraction of sp³-hybridized carbons (Fsp3) is 0.706. The van der Waals surface area contributed by atoms with Gasteiger partial charge < -0.3 is 9.64 Å². The Bertz CT molecular complexity index is 368. The summed E-state index contributed by atoms with van der Waals surface area (Å²) < 4.78 is 5.66. The van der Waals surface area contributed by atoms with E-state index in [9.17, 15) is 0 Å². The summed E-state index contributed by atoms with van der Waals surface area (Å²) in [6.07, 6.45) is 6.61. The molecule has 3 heteroatoms. The molecular weight excluding hydrogens is 248 g/mol. The van der Waals surface area contributed by atoms with Crippen molar-refractivity contribution in [3.05, 3.63) is 23.9 Å². The van der Waals surface area contributed by atoms with E-state index in [2.05, 4.69) is 37.6 Å². The monoisotopic (exact) mass is 278 g/mol. The van der Waals surface area contributed by atoms with Crippen molar-refractivity contribution in [3.8, 4) is 5.88 Å². The third kappa shape index (κ3) is 6.38. The molecule has 1 aromatic rings. The summed E-state index contributed by atoms with van der Waals surface area (Å²) in [6, 6.07) is 4.68. The summed E-state index contributed by atoms with van der Waals surface area (Å²) in [6.45, 7) is 12.0. The average molecular weight is 278 g/mol. The van der Waals surface area contributed by atoms with Crippen LogP contribution in [0.2, 0.25) is 0 Å². The molecule has 0 aromatic carbocycles. The van der Waals surface area contributed by atoms with E-state index in [0.717, 1.165) is 25.5 Å². The second-order valence-corrected chi connectivity index (χ2v) is 5.47. The molecule has 1 heterocycles. The molecule has 20 heavy (non-hydrogen) atoms. The van der Waals surface area contributed by atoms with Crippen LogP contribution in [0.3, 0.4) is 0 Å². The Morgan fingerprint density at radius 1 is 1.25 bits per heavy atom. The number of unbranched alkanes of at least 4 members (excludes halogenated alkanes) is 2. The van der Waals surface area contributed by atoms with Crippen LogP contribution in [0.1, 0.15) is 52.0 Å². The van der Waals surface area contributed by atoms with Crippen LogP contribution in [0.4, 0.5) is 0 Å². The maximum absolute atomic E-state index is 5.66. The molecule has 0 spiro atoms. The fourth-order valence-electron chi connectivity index (χ4n) is 2.31. The van der Waals surface area contributed by atoms with Gasteiger partial charge in [0.05, 0.1) is 6.61 Å². The zero-order chi connectivity index (χ0) is 14.8. The Balaban J connectivity index is 2.10. The molecule has 0 radical (unpaired) electrons. The van der Waals surface area contributed by atoms with Crippen molar-refractivity contribution in [1.29, 1.82) is 0 Å². The number of pyridine rings is 1. The van der Waals surface area contributed by atoms with Gasteiger partial charge in [0.2, 0.25) is 5.88 Å². The van der Waals surface area contributed by atoms with Gasteiger partial charge in [-0.05, 0) is 64.3 Å². The Morgan fingerprint density at radius 2 is 2.05 bits per heavy atom. The zero-order valence-corrected chi connectivity index (χ0v) is 13.6. The van der Waals surface area contributed by atoms with Crippen LogP contribution in [0.15, 0.2) is 18.3 Å². The first-order valence-corrected chi connectivity index (χ1v) is 7.96. The van der Waals surface area contributed by atoms with E-state index in [1.165, 1.54) is 31.4 Å². The highest BCUT2D eigenvalue weighted by Crippen LogP contribution is 2.10. The summed E-state index contributed by atoms with van der Waals surface area (Å²) in [5.74, 6) is 0.750. The predicted molar refractivity (Wildman–Crippen MR) is 85.3 cm³/mol. The normalized spacial score (nSPS) is 12.7. The molecule has 0 saturated heterocycles. The largest absolute Gasteiger partial charge is 0.478 e. The molecule has 0 amide bonds. The molecule has 1 atom stereocenters. The minimum atomic E-state index is 0.702. The maximum Gasteiger partial charge on any atom is 0.213 e. The molecule has 0 aliphatic heterocycles. The van der Waals surface area contributed by atoms with E-state index in [1.807, 2.05) is 12.1 Å². The quantitative estimate of drug-likeness (QED) is 0.603. The van der Waals surface area contributed by atoms with E-state index in [-0.39, 0.29) is 0 Å². The molecule has 0 aliphatic carbocycles. The van der Waals surface area contributed by atoms with Crippen LogP contribution >= 0.6 is 0 Å². The van der Waals surface area contributed by atoms with E-state index < -0.39 is 0 Å². The Hall–Kier alpha value is -1.09. The molecule has 0 saturated carbocycles. The number of hydrogen-bond acceptors (Lipinski definition) is 3. The standard InChI is InChI=1S/C17H30N2O/c1-5-16(4)19(6-2)12-8-7-9-13-20-17-14-15(3)10-11-18-17/h10-11,14,16H,5-9,12-13H2,1-4H3. The Labute approximate surface area is 124 Å². The fourth-order valence-corrected chi connectivity index (χ4v) is 2.31. The van der Waals surface area contributed by atoms with E-state index in [4.69, 9.17) is 4.74 Å². The van der Waals surface area contributed by atoms with Crippen molar-refractivity contribution >= 4 is 0 Å². The highest BCUT2D eigenvalue weighted by Gasteiger charge is 2.08. The smallest absolute Gasteiger partial charge is 0.213 e. The molecule has 1 aromatic heterocycles. The number of nitrogens with zero attached hydrogens (tertiary/aromatic N) is 2. The van der Waals surface area contributed by atoms with Gasteiger partial charge in [-0.15, -0.1) is 0 Å². The van der Waals surface area contributed by atoms with Gasteiger partial charge in [0, 0.05) is 18.3 Å². The lowest BCUT2D eigenvalue weighted by atomic mass is 10.2. The zero-order valence-electron chi connectivity index (χ0n) is 13.6. The number of ether oxygens (including phenoxy) is 1. The van der Waals surface area contributed by atoms with Crippen LogP contribution in [-0.4, -0.2) is 35.6 Å². The van der Waals surface area contributed by atoms with Crippen molar-refractivity contribution < 1.29 is 4.74 Å². The van der Waals surface area contributed by atoms with Crippen molar-refractivity contribution in [2.75, 3.05) is 19.7 Å². The number of aryl methyl sites for hydroxylation is 1. The number of rotatable bonds is 10. The van der Waals surface area contributed by atoms with Gasteiger partial charge in [0.15, 0.2) is 0 Å². The minimum Gasteiger partial charge on any atom is -0.478 e. The lowest BCUT2D eigenvalue weighted by Crippen LogP contribution is -2.33. The molecule has 0 aliphatic rings. The van der Waals surface area contributed by atoms with Crippen LogP contribution in [0, 0.1) is 6.92 Å². The van der Waals surface area contributed by atoms with Crippen LogP contribution in [-0.2, 0) is 0 Å². The topological polar surface area (TPSA) is 25.4 Å². The minimum absolute atomic E-state index is 0.702. The van der Waals surface area contributed by atoms with Gasteiger partial charge in [0.1, 0.15) is 0 Å². The van der Waals surface area contributed by atoms with Crippen molar-refractivity contribution in [2.24, 2.45) is 0 Å². The molecule has 114 valence electrons. The van der Waals surface area contributed by atoms with E-state index in [0.29, 0.717) is 6.04 Å².